The Morgan fingerprint density at radius 1 is 1.08 bits per heavy atom. The van der Waals surface area contributed by atoms with Gasteiger partial charge in [-0.05, 0) is 43.2 Å². The van der Waals surface area contributed by atoms with Gasteiger partial charge in [0.1, 0.15) is 11.3 Å². The number of nitrogens with zero attached hydrogens (tertiary/aromatic N) is 4. The molecular formula is C26H26ClN5O6. The molecule has 12 heteroatoms. The lowest BCUT2D eigenvalue weighted by molar-refractivity contribution is -0.385. The summed E-state index contributed by atoms with van der Waals surface area (Å²) in [6.07, 6.45) is 6.11. The van der Waals surface area contributed by atoms with Crippen LogP contribution >= 0.6 is 11.6 Å². The number of hydrogen-bond donors (Lipinski definition) is 1. The fourth-order valence-corrected chi connectivity index (χ4v) is 3.67. The number of carbonyl (C=O) groups is 3. The zero-order chi connectivity index (χ0) is 27.7. The number of urea groups is 1. The van der Waals surface area contributed by atoms with Crippen molar-refractivity contribution in [1.82, 2.24) is 15.3 Å². The number of hydrogen-bond acceptors (Lipinski definition) is 8. The maximum Gasteiger partial charge on any atom is 0.335 e. The van der Waals surface area contributed by atoms with E-state index in [9.17, 15) is 24.5 Å². The number of para-hydroxylation sites is 1. The van der Waals surface area contributed by atoms with E-state index in [0.717, 1.165) is 30.2 Å². The van der Waals surface area contributed by atoms with Gasteiger partial charge in [0.2, 0.25) is 5.91 Å². The van der Waals surface area contributed by atoms with Crippen LogP contribution in [0.25, 0.3) is 0 Å². The molecule has 11 nitrogen and oxygen atoms in total. The number of anilines is 1. The molecule has 0 fully saturated rings. The number of rotatable bonds is 10. The molecule has 198 valence electrons. The summed E-state index contributed by atoms with van der Waals surface area (Å²) in [4.78, 5) is 58.5. The molecule has 0 bridgehead atoms. The van der Waals surface area contributed by atoms with Gasteiger partial charge in [-0.1, -0.05) is 49.9 Å². The van der Waals surface area contributed by atoms with Gasteiger partial charge in [0, 0.05) is 12.5 Å². The summed E-state index contributed by atoms with van der Waals surface area (Å²) < 4.78 is 5.67. The number of unbranched alkanes of at least 4 members (excludes halogenated alkanes) is 3. The van der Waals surface area contributed by atoms with Crippen LogP contribution in [-0.2, 0) is 4.79 Å². The van der Waals surface area contributed by atoms with Gasteiger partial charge >= 0.3 is 12.0 Å². The molecule has 0 saturated heterocycles. The number of carbonyl (C=O) groups excluding carboxylic acids is 3. The number of benzene rings is 2. The number of aromatic nitrogens is 2. The maximum atomic E-state index is 13.2. The van der Waals surface area contributed by atoms with E-state index in [-0.39, 0.29) is 23.7 Å². The van der Waals surface area contributed by atoms with Crippen molar-refractivity contribution in [3.05, 3.63) is 81.1 Å². The first-order valence-electron chi connectivity index (χ1n) is 11.9. The maximum absolute atomic E-state index is 13.2. The number of ether oxygens (including phenoxy) is 1. The average Bonchev–Trinajstić information content (AvgIpc) is 2.89. The van der Waals surface area contributed by atoms with Crippen LogP contribution in [-0.4, -0.2) is 32.7 Å². The number of amides is 4. The number of nitro benzene ring substituents is 1. The third-order valence-electron chi connectivity index (χ3n) is 5.48. The molecule has 0 radical (unpaired) electrons. The van der Waals surface area contributed by atoms with Crippen molar-refractivity contribution in [2.24, 2.45) is 0 Å². The van der Waals surface area contributed by atoms with Crippen molar-refractivity contribution in [3.63, 3.8) is 0 Å². The summed E-state index contributed by atoms with van der Waals surface area (Å²) in [5.41, 5.74) is -0.0102. The molecule has 4 amide bonds. The van der Waals surface area contributed by atoms with E-state index in [0.29, 0.717) is 22.8 Å². The highest BCUT2D eigenvalue weighted by molar-refractivity contribution is 6.30. The van der Waals surface area contributed by atoms with Crippen molar-refractivity contribution in [2.45, 2.75) is 46.0 Å². The van der Waals surface area contributed by atoms with Gasteiger partial charge in [-0.3, -0.25) is 25.0 Å². The molecule has 3 aromatic rings. The van der Waals surface area contributed by atoms with Crippen LogP contribution in [0.3, 0.4) is 0 Å². The minimum absolute atomic E-state index is 0.0573. The van der Waals surface area contributed by atoms with E-state index in [1.165, 1.54) is 42.7 Å². The highest BCUT2D eigenvalue weighted by Gasteiger charge is 2.28. The predicted molar refractivity (Wildman–Crippen MR) is 140 cm³/mol. The fourth-order valence-electron chi connectivity index (χ4n) is 3.57. The second kappa shape index (κ2) is 13.2. The van der Waals surface area contributed by atoms with E-state index in [2.05, 4.69) is 15.3 Å². The van der Waals surface area contributed by atoms with Gasteiger partial charge in [-0.2, -0.15) is 0 Å². The summed E-state index contributed by atoms with van der Waals surface area (Å²) in [5.74, 6) is -1.14. The minimum Gasteiger partial charge on any atom is -0.424 e. The Labute approximate surface area is 223 Å². The van der Waals surface area contributed by atoms with Crippen molar-refractivity contribution < 1.29 is 24.0 Å². The van der Waals surface area contributed by atoms with Gasteiger partial charge in [-0.25, -0.2) is 19.7 Å². The quantitative estimate of drug-likeness (QED) is 0.188. The number of nitrogens with one attached hydrogen (secondary N) is 1. The molecule has 0 atom stereocenters. The molecular weight excluding hydrogens is 514 g/mol. The minimum atomic E-state index is -1.03. The Bertz CT molecular complexity index is 1330. The molecule has 0 spiro atoms. The fraction of sp³-hybridized carbons (Fsp3) is 0.269. The highest BCUT2D eigenvalue weighted by Crippen LogP contribution is 2.28. The Morgan fingerprint density at radius 2 is 1.79 bits per heavy atom. The van der Waals surface area contributed by atoms with Crippen LogP contribution in [0.1, 0.15) is 54.9 Å². The standard InChI is InChI=1S/C26H26ClN5O6/c1-3-4-5-6-11-23(33)31(26(35)30-24(34)20-9-7-8-10-21(20)32(36)37)19-12-13-22(17(2)14-19)38-25-28-15-18(27)16-29-25/h7-10,12-16H,3-6,11H2,1-2H3,(H,30,34,35). The molecule has 1 N–H and O–H groups in total. The summed E-state index contributed by atoms with van der Waals surface area (Å²) >= 11 is 5.80. The number of halogens is 1. The van der Waals surface area contributed by atoms with Crippen LogP contribution in [0.4, 0.5) is 16.2 Å². The molecule has 1 heterocycles. The van der Waals surface area contributed by atoms with Crippen LogP contribution in [0.15, 0.2) is 54.9 Å². The van der Waals surface area contributed by atoms with E-state index < -0.39 is 28.5 Å². The van der Waals surface area contributed by atoms with Crippen LogP contribution in [0.5, 0.6) is 11.8 Å². The largest absolute Gasteiger partial charge is 0.424 e. The van der Waals surface area contributed by atoms with Crippen LogP contribution < -0.4 is 15.0 Å². The van der Waals surface area contributed by atoms with Crippen LogP contribution in [0, 0.1) is 17.0 Å². The van der Waals surface area contributed by atoms with Crippen molar-refractivity contribution in [2.75, 3.05) is 4.90 Å². The predicted octanol–water partition coefficient (Wildman–Crippen LogP) is 5.99. The smallest absolute Gasteiger partial charge is 0.335 e. The topological polar surface area (TPSA) is 145 Å². The van der Waals surface area contributed by atoms with E-state index >= 15 is 0 Å². The third-order valence-corrected chi connectivity index (χ3v) is 5.67. The first kappa shape index (κ1) is 28.2. The molecule has 3 rings (SSSR count). The highest BCUT2D eigenvalue weighted by atomic mass is 35.5. The van der Waals surface area contributed by atoms with Crippen LogP contribution in [0.2, 0.25) is 5.02 Å². The van der Waals surface area contributed by atoms with E-state index in [4.69, 9.17) is 16.3 Å². The number of imide groups is 2. The molecule has 2 aromatic carbocycles. The summed E-state index contributed by atoms with van der Waals surface area (Å²) in [5, 5.41) is 13.8. The SMILES string of the molecule is CCCCCCC(=O)N(C(=O)NC(=O)c1ccccc1[N+](=O)[O-])c1ccc(Oc2ncc(Cl)cn2)c(C)c1. The van der Waals surface area contributed by atoms with Gasteiger partial charge < -0.3 is 4.74 Å². The lowest BCUT2D eigenvalue weighted by atomic mass is 10.1. The normalized spacial score (nSPS) is 10.5. The van der Waals surface area contributed by atoms with Gasteiger partial charge in [-0.15, -0.1) is 0 Å². The van der Waals surface area contributed by atoms with Crippen molar-refractivity contribution in [1.29, 1.82) is 0 Å². The van der Waals surface area contributed by atoms with Gasteiger partial charge in [0.25, 0.3) is 11.6 Å². The summed E-state index contributed by atoms with van der Waals surface area (Å²) in [7, 11) is 0. The van der Waals surface area contributed by atoms with Gasteiger partial charge in [0.15, 0.2) is 0 Å². The first-order valence-corrected chi connectivity index (χ1v) is 12.3. The van der Waals surface area contributed by atoms with Crippen molar-refractivity contribution >= 4 is 40.8 Å². The Hall–Kier alpha value is -4.38. The molecule has 0 saturated carbocycles. The lowest BCUT2D eigenvalue weighted by Crippen LogP contribution is -2.46. The molecule has 0 aliphatic heterocycles. The average molecular weight is 540 g/mol. The first-order chi connectivity index (χ1) is 18.2. The zero-order valence-corrected chi connectivity index (χ0v) is 21.6. The monoisotopic (exact) mass is 539 g/mol. The Morgan fingerprint density at radius 3 is 2.45 bits per heavy atom. The van der Waals surface area contributed by atoms with Gasteiger partial charge in [0.05, 0.1) is 28.0 Å². The summed E-state index contributed by atoms with van der Waals surface area (Å²) in [6, 6.07) is 8.83. The zero-order valence-electron chi connectivity index (χ0n) is 20.8. The second-order valence-corrected chi connectivity index (χ2v) is 8.75. The number of nitro groups is 1. The third kappa shape index (κ3) is 7.32. The molecule has 38 heavy (non-hydrogen) atoms. The molecule has 0 aliphatic rings. The Balaban J connectivity index is 1.87. The number of aryl methyl sites for hydroxylation is 1. The summed E-state index contributed by atoms with van der Waals surface area (Å²) in [6.45, 7) is 3.74. The van der Waals surface area contributed by atoms with Crippen molar-refractivity contribution in [3.8, 4) is 11.8 Å². The second-order valence-electron chi connectivity index (χ2n) is 8.31. The molecule has 0 unspecified atom stereocenters. The molecule has 1 aromatic heterocycles. The van der Waals surface area contributed by atoms with E-state index in [1.807, 2.05) is 6.92 Å². The molecule has 0 aliphatic carbocycles. The lowest BCUT2D eigenvalue weighted by Gasteiger charge is -2.22. The Kier molecular flexibility index (Phi) is 9.83. The van der Waals surface area contributed by atoms with E-state index in [1.54, 1.807) is 13.0 Å².